The zero-order chi connectivity index (χ0) is 21.3. The Morgan fingerprint density at radius 2 is 1.73 bits per heavy atom. The highest BCUT2D eigenvalue weighted by Gasteiger charge is 2.23. The average molecular weight is 461 g/mol. The second kappa shape index (κ2) is 8.84. The van der Waals surface area contributed by atoms with E-state index in [9.17, 15) is 0 Å². The molecule has 0 fully saturated rings. The van der Waals surface area contributed by atoms with Crippen LogP contribution in [0.4, 0.5) is 0 Å². The zero-order valence-corrected chi connectivity index (χ0v) is 18.9. The third kappa shape index (κ3) is 4.13. The maximum Gasteiger partial charge on any atom is 0.247 e. The van der Waals surface area contributed by atoms with E-state index in [0.717, 1.165) is 47.5 Å². The van der Waals surface area contributed by atoms with Crippen LogP contribution in [0.5, 0.6) is 0 Å². The molecule has 0 unspecified atom stereocenters. The molecule has 0 amide bonds. The quantitative estimate of drug-likeness (QED) is 0.295. The first-order valence-electron chi connectivity index (χ1n) is 9.74. The summed E-state index contributed by atoms with van der Waals surface area (Å²) in [6, 6.07) is 13.0. The van der Waals surface area contributed by atoms with Crippen molar-refractivity contribution in [1.82, 2.24) is 14.8 Å². The predicted octanol–water partition coefficient (Wildman–Crippen LogP) is 7.81. The molecule has 0 saturated heterocycles. The fraction of sp³-hybridized carbons (Fsp3) is 0.217. The number of aryl methyl sites for hydroxylation is 1. The smallest absolute Gasteiger partial charge is 0.247 e. The lowest BCUT2D eigenvalue weighted by atomic mass is 10.1. The first-order chi connectivity index (χ1) is 14.5. The SMILES string of the molecule is CCCCc1cnc(-c2nn(-c3ccc(Cl)cc3Cl)c(-c3ccc(Cl)cc3)c2C)o1. The van der Waals surface area contributed by atoms with Gasteiger partial charge in [-0.05, 0) is 43.7 Å². The van der Waals surface area contributed by atoms with Crippen molar-refractivity contribution in [2.45, 2.75) is 33.1 Å². The summed E-state index contributed by atoms with van der Waals surface area (Å²) in [7, 11) is 0. The highest BCUT2D eigenvalue weighted by atomic mass is 35.5. The monoisotopic (exact) mass is 459 g/mol. The number of hydrogen-bond acceptors (Lipinski definition) is 3. The van der Waals surface area contributed by atoms with Crippen LogP contribution in [0.25, 0.3) is 28.5 Å². The number of aromatic nitrogens is 3. The lowest BCUT2D eigenvalue weighted by molar-refractivity contribution is 0.506. The normalized spacial score (nSPS) is 11.2. The summed E-state index contributed by atoms with van der Waals surface area (Å²) in [5, 5.41) is 6.57. The molecular formula is C23H20Cl3N3O. The minimum atomic E-state index is 0.498. The number of hydrogen-bond donors (Lipinski definition) is 0. The van der Waals surface area contributed by atoms with E-state index in [2.05, 4.69) is 11.9 Å². The molecule has 2 aromatic heterocycles. The molecule has 4 aromatic rings. The van der Waals surface area contributed by atoms with Crippen LogP contribution >= 0.6 is 34.8 Å². The van der Waals surface area contributed by atoms with E-state index in [1.165, 1.54) is 0 Å². The topological polar surface area (TPSA) is 43.9 Å². The maximum atomic E-state index is 6.51. The van der Waals surface area contributed by atoms with Crippen molar-refractivity contribution in [2.75, 3.05) is 0 Å². The van der Waals surface area contributed by atoms with Gasteiger partial charge in [-0.3, -0.25) is 0 Å². The minimum Gasteiger partial charge on any atom is -0.440 e. The minimum absolute atomic E-state index is 0.498. The van der Waals surface area contributed by atoms with Gasteiger partial charge in [-0.1, -0.05) is 60.3 Å². The summed E-state index contributed by atoms with van der Waals surface area (Å²) in [5.74, 6) is 1.36. The molecule has 7 heteroatoms. The third-order valence-electron chi connectivity index (χ3n) is 4.91. The molecule has 0 radical (unpaired) electrons. The molecule has 4 nitrogen and oxygen atoms in total. The average Bonchev–Trinajstić information content (AvgIpc) is 3.32. The summed E-state index contributed by atoms with van der Waals surface area (Å²) < 4.78 is 7.81. The van der Waals surface area contributed by atoms with E-state index < -0.39 is 0 Å². The van der Waals surface area contributed by atoms with Crippen molar-refractivity contribution < 1.29 is 4.42 Å². The van der Waals surface area contributed by atoms with Gasteiger partial charge < -0.3 is 4.42 Å². The van der Waals surface area contributed by atoms with Crippen molar-refractivity contribution in [3.05, 3.63) is 75.1 Å². The van der Waals surface area contributed by atoms with E-state index >= 15 is 0 Å². The van der Waals surface area contributed by atoms with Gasteiger partial charge in [-0.15, -0.1) is 0 Å². The first kappa shape index (κ1) is 21.0. The van der Waals surface area contributed by atoms with Gasteiger partial charge >= 0.3 is 0 Å². The second-order valence-electron chi connectivity index (χ2n) is 7.07. The van der Waals surface area contributed by atoms with E-state index in [0.29, 0.717) is 26.7 Å². The van der Waals surface area contributed by atoms with Gasteiger partial charge in [0.05, 0.1) is 22.6 Å². The number of unbranched alkanes of at least 4 members (excludes halogenated alkanes) is 1. The van der Waals surface area contributed by atoms with Crippen LogP contribution < -0.4 is 0 Å². The van der Waals surface area contributed by atoms with Crippen molar-refractivity contribution >= 4 is 34.8 Å². The molecule has 0 atom stereocenters. The number of halogens is 3. The zero-order valence-electron chi connectivity index (χ0n) is 16.6. The molecule has 0 aliphatic heterocycles. The molecule has 4 rings (SSSR count). The van der Waals surface area contributed by atoms with Crippen molar-refractivity contribution in [1.29, 1.82) is 0 Å². The number of rotatable bonds is 6. The van der Waals surface area contributed by atoms with Gasteiger partial charge in [0.2, 0.25) is 5.89 Å². The van der Waals surface area contributed by atoms with E-state index in [1.54, 1.807) is 18.3 Å². The van der Waals surface area contributed by atoms with Crippen LogP contribution in [0.3, 0.4) is 0 Å². The Morgan fingerprint density at radius 3 is 2.43 bits per heavy atom. The molecule has 2 heterocycles. The van der Waals surface area contributed by atoms with Gasteiger partial charge in [0.1, 0.15) is 5.76 Å². The van der Waals surface area contributed by atoms with Crippen LogP contribution in [-0.4, -0.2) is 14.8 Å². The molecule has 0 bridgehead atoms. The molecule has 154 valence electrons. The van der Waals surface area contributed by atoms with Gasteiger partial charge in [0.15, 0.2) is 5.69 Å². The fourth-order valence-electron chi connectivity index (χ4n) is 3.36. The van der Waals surface area contributed by atoms with E-state index in [1.807, 2.05) is 41.9 Å². The Labute approximate surface area is 190 Å². The van der Waals surface area contributed by atoms with Crippen molar-refractivity contribution in [3.63, 3.8) is 0 Å². The largest absolute Gasteiger partial charge is 0.440 e. The summed E-state index contributed by atoms with van der Waals surface area (Å²) in [4.78, 5) is 4.47. The first-order valence-corrected chi connectivity index (χ1v) is 10.9. The maximum absolute atomic E-state index is 6.51. The van der Waals surface area contributed by atoms with Crippen LogP contribution in [0.2, 0.25) is 15.1 Å². The molecule has 0 saturated carbocycles. The Hall–Kier alpha value is -2.27. The molecule has 0 N–H and O–H groups in total. The Kier molecular flexibility index (Phi) is 6.19. The number of benzene rings is 2. The molecular weight excluding hydrogens is 441 g/mol. The summed E-state index contributed by atoms with van der Waals surface area (Å²) in [6.07, 6.45) is 4.79. The molecule has 0 aliphatic rings. The Balaban J connectivity index is 1.89. The number of oxazole rings is 1. The predicted molar refractivity (Wildman–Crippen MR) is 123 cm³/mol. The van der Waals surface area contributed by atoms with Crippen LogP contribution in [0.15, 0.2) is 53.1 Å². The third-order valence-corrected chi connectivity index (χ3v) is 5.70. The lowest BCUT2D eigenvalue weighted by Crippen LogP contribution is -2.00. The molecule has 30 heavy (non-hydrogen) atoms. The summed E-state index contributed by atoms with van der Waals surface area (Å²) in [5.41, 5.74) is 4.18. The summed E-state index contributed by atoms with van der Waals surface area (Å²) >= 11 is 18.7. The van der Waals surface area contributed by atoms with Gasteiger partial charge in [-0.2, -0.15) is 5.10 Å². The van der Waals surface area contributed by atoms with Gasteiger partial charge in [0, 0.05) is 27.6 Å². The van der Waals surface area contributed by atoms with Crippen molar-refractivity contribution in [2.24, 2.45) is 0 Å². The molecule has 0 spiro atoms. The van der Waals surface area contributed by atoms with Gasteiger partial charge in [0.25, 0.3) is 0 Å². The van der Waals surface area contributed by atoms with Crippen LogP contribution in [0, 0.1) is 6.92 Å². The van der Waals surface area contributed by atoms with Crippen molar-refractivity contribution in [3.8, 4) is 28.5 Å². The second-order valence-corrected chi connectivity index (χ2v) is 8.35. The standard InChI is InChI=1S/C23H20Cl3N3O/c1-3-4-5-18-13-27-23(30-18)21-14(2)22(15-6-8-16(24)9-7-15)29(28-21)20-11-10-17(25)12-19(20)26/h6-13H,3-5H2,1-2H3. The fourth-order valence-corrected chi connectivity index (χ4v) is 3.97. The molecule has 0 aliphatic carbocycles. The lowest BCUT2D eigenvalue weighted by Gasteiger charge is -2.11. The number of nitrogens with zero attached hydrogens (tertiary/aromatic N) is 3. The molecule has 2 aromatic carbocycles. The Bertz CT molecular complexity index is 1180. The summed E-state index contributed by atoms with van der Waals surface area (Å²) in [6.45, 7) is 4.15. The highest BCUT2D eigenvalue weighted by molar-refractivity contribution is 6.35. The van der Waals surface area contributed by atoms with Crippen LogP contribution in [0.1, 0.15) is 31.1 Å². The van der Waals surface area contributed by atoms with E-state index in [4.69, 9.17) is 44.3 Å². The highest BCUT2D eigenvalue weighted by Crippen LogP contribution is 2.36. The van der Waals surface area contributed by atoms with Crippen LogP contribution in [-0.2, 0) is 6.42 Å². The van der Waals surface area contributed by atoms with Gasteiger partial charge in [-0.25, -0.2) is 9.67 Å². The van der Waals surface area contributed by atoms with E-state index in [-0.39, 0.29) is 0 Å². The Morgan fingerprint density at radius 1 is 1.00 bits per heavy atom.